The summed E-state index contributed by atoms with van der Waals surface area (Å²) in [6.45, 7) is 2.73. The molecule has 1 aromatic carbocycles. The molecule has 4 heteroatoms. The van der Waals surface area contributed by atoms with Crippen LogP contribution < -0.4 is 5.73 Å². The molecule has 0 amide bonds. The highest BCUT2D eigenvalue weighted by molar-refractivity contribution is 5.70. The molecule has 1 aromatic rings. The van der Waals surface area contributed by atoms with Gasteiger partial charge >= 0.3 is 5.97 Å². The van der Waals surface area contributed by atoms with Gasteiger partial charge < -0.3 is 15.2 Å². The summed E-state index contributed by atoms with van der Waals surface area (Å²) in [5.74, 6) is -0.0722. The summed E-state index contributed by atoms with van der Waals surface area (Å²) in [6, 6.07) is 7.54. The van der Waals surface area contributed by atoms with Crippen LogP contribution in [0.15, 0.2) is 24.3 Å². The van der Waals surface area contributed by atoms with Crippen molar-refractivity contribution in [3.63, 3.8) is 0 Å². The molecule has 0 aliphatic rings. The van der Waals surface area contributed by atoms with E-state index in [0.717, 1.165) is 11.3 Å². The van der Waals surface area contributed by atoms with Crippen molar-refractivity contribution < 1.29 is 14.3 Å². The van der Waals surface area contributed by atoms with Crippen LogP contribution in [0.2, 0.25) is 0 Å². The minimum Gasteiger partial charge on any atom is -0.463 e. The quantitative estimate of drug-likeness (QED) is 0.466. The van der Waals surface area contributed by atoms with Crippen molar-refractivity contribution in [1.82, 2.24) is 0 Å². The van der Waals surface area contributed by atoms with Crippen molar-refractivity contribution in [3.8, 4) is 0 Å². The number of carbonyl (C=O) groups excluding carboxylic acids is 1. The molecule has 0 heterocycles. The Kier molecular flexibility index (Phi) is 5.49. The minimum absolute atomic E-state index is 0.130. The zero-order chi connectivity index (χ0) is 12.7. The number of benzene rings is 1. The Morgan fingerprint density at radius 3 is 2.53 bits per heavy atom. The molecule has 0 saturated heterocycles. The van der Waals surface area contributed by atoms with E-state index in [4.69, 9.17) is 15.2 Å². The molecule has 94 valence electrons. The van der Waals surface area contributed by atoms with Crippen molar-refractivity contribution in [2.75, 3.05) is 26.1 Å². The minimum atomic E-state index is -0.202. The van der Waals surface area contributed by atoms with Gasteiger partial charge in [0.05, 0.1) is 13.0 Å². The first-order valence-corrected chi connectivity index (χ1v) is 5.63. The van der Waals surface area contributed by atoms with Crippen molar-refractivity contribution in [3.05, 3.63) is 29.8 Å². The lowest BCUT2D eigenvalue weighted by molar-refractivity contribution is -0.145. The molecular formula is C13H19NO3. The average molecular weight is 237 g/mol. The van der Waals surface area contributed by atoms with E-state index < -0.39 is 0 Å². The Morgan fingerprint density at radius 1 is 1.29 bits per heavy atom. The van der Waals surface area contributed by atoms with Gasteiger partial charge in [-0.3, -0.25) is 4.79 Å². The third-order valence-electron chi connectivity index (χ3n) is 2.53. The third-order valence-corrected chi connectivity index (χ3v) is 2.53. The monoisotopic (exact) mass is 237 g/mol. The molecule has 17 heavy (non-hydrogen) atoms. The number of anilines is 1. The summed E-state index contributed by atoms with van der Waals surface area (Å²) in [6.07, 6.45) is 0.369. The summed E-state index contributed by atoms with van der Waals surface area (Å²) >= 11 is 0. The molecule has 0 radical (unpaired) electrons. The molecule has 0 aliphatic heterocycles. The maximum Gasteiger partial charge on any atom is 0.306 e. The fourth-order valence-electron chi connectivity index (χ4n) is 1.49. The van der Waals surface area contributed by atoms with Crippen LogP contribution in [0.25, 0.3) is 0 Å². The topological polar surface area (TPSA) is 61.5 Å². The molecule has 0 saturated carbocycles. The fourth-order valence-corrected chi connectivity index (χ4v) is 1.49. The van der Waals surface area contributed by atoms with Crippen LogP contribution in [-0.4, -0.2) is 26.3 Å². The van der Waals surface area contributed by atoms with Gasteiger partial charge in [-0.15, -0.1) is 0 Å². The number of rotatable bonds is 6. The van der Waals surface area contributed by atoms with Crippen LogP contribution in [0.1, 0.15) is 24.8 Å². The first kappa shape index (κ1) is 13.5. The maximum absolute atomic E-state index is 11.5. The molecule has 2 N–H and O–H groups in total. The van der Waals surface area contributed by atoms with Crippen LogP contribution in [0.5, 0.6) is 0 Å². The van der Waals surface area contributed by atoms with Crippen molar-refractivity contribution in [2.45, 2.75) is 19.3 Å². The number of methoxy groups -OCH3 is 1. The lowest BCUT2D eigenvalue weighted by atomic mass is 9.98. The normalized spacial score (nSPS) is 12.1. The van der Waals surface area contributed by atoms with E-state index in [1.165, 1.54) is 0 Å². The Hall–Kier alpha value is -1.55. The molecule has 0 bridgehead atoms. The predicted octanol–water partition coefficient (Wildman–Crippen LogP) is 1.95. The van der Waals surface area contributed by atoms with E-state index >= 15 is 0 Å². The van der Waals surface area contributed by atoms with Crippen LogP contribution in [-0.2, 0) is 14.3 Å². The summed E-state index contributed by atoms with van der Waals surface area (Å²) in [4.78, 5) is 11.5. The van der Waals surface area contributed by atoms with Gasteiger partial charge in [0.1, 0.15) is 6.61 Å². The highest BCUT2D eigenvalue weighted by atomic mass is 16.6. The highest BCUT2D eigenvalue weighted by Gasteiger charge is 2.12. The van der Waals surface area contributed by atoms with E-state index in [0.29, 0.717) is 19.6 Å². The SMILES string of the molecule is COCCOC(=O)CC(C)c1ccc(N)cc1. The maximum atomic E-state index is 11.5. The summed E-state index contributed by atoms with van der Waals surface area (Å²) in [5, 5.41) is 0. The van der Waals surface area contributed by atoms with Crippen molar-refractivity contribution in [1.29, 1.82) is 0 Å². The Bertz CT molecular complexity index is 348. The molecular weight excluding hydrogens is 218 g/mol. The molecule has 0 spiro atoms. The number of nitrogen functional groups attached to an aromatic ring is 1. The first-order chi connectivity index (χ1) is 8.13. The predicted molar refractivity (Wildman–Crippen MR) is 66.7 cm³/mol. The van der Waals surface area contributed by atoms with Gasteiger partial charge in [-0.1, -0.05) is 19.1 Å². The number of carbonyl (C=O) groups is 1. The van der Waals surface area contributed by atoms with Gasteiger partial charge in [-0.05, 0) is 23.6 Å². The average Bonchev–Trinajstić information content (AvgIpc) is 2.30. The molecule has 4 nitrogen and oxygen atoms in total. The number of hydrogen-bond donors (Lipinski definition) is 1. The number of nitrogens with two attached hydrogens (primary N) is 1. The Labute approximate surface area is 102 Å². The van der Waals surface area contributed by atoms with Crippen LogP contribution in [0, 0.1) is 0 Å². The lowest BCUT2D eigenvalue weighted by Crippen LogP contribution is -2.12. The third kappa shape index (κ3) is 4.87. The van der Waals surface area contributed by atoms with Gasteiger partial charge in [0.15, 0.2) is 0 Å². The van der Waals surface area contributed by atoms with Crippen molar-refractivity contribution >= 4 is 11.7 Å². The van der Waals surface area contributed by atoms with Gasteiger partial charge in [0, 0.05) is 12.8 Å². The number of ether oxygens (including phenoxy) is 2. The zero-order valence-corrected chi connectivity index (χ0v) is 10.3. The molecule has 0 aromatic heterocycles. The lowest BCUT2D eigenvalue weighted by Gasteiger charge is -2.11. The zero-order valence-electron chi connectivity index (χ0n) is 10.3. The smallest absolute Gasteiger partial charge is 0.306 e. The van der Waals surface area contributed by atoms with Crippen LogP contribution in [0.3, 0.4) is 0 Å². The van der Waals surface area contributed by atoms with Gasteiger partial charge in [0.25, 0.3) is 0 Å². The van der Waals surface area contributed by atoms with Crippen LogP contribution >= 0.6 is 0 Å². The standard InChI is InChI=1S/C13H19NO3/c1-10(9-13(15)17-8-7-16-2)11-3-5-12(14)6-4-11/h3-6,10H,7-9,14H2,1-2H3. The van der Waals surface area contributed by atoms with Gasteiger partial charge in [0.2, 0.25) is 0 Å². The summed E-state index contributed by atoms with van der Waals surface area (Å²) in [7, 11) is 1.57. The molecule has 1 atom stereocenters. The van der Waals surface area contributed by atoms with Crippen LogP contribution in [0.4, 0.5) is 5.69 Å². The molecule has 0 fully saturated rings. The molecule has 0 aliphatic carbocycles. The van der Waals surface area contributed by atoms with E-state index in [1.807, 2.05) is 31.2 Å². The molecule has 1 rings (SSSR count). The Balaban J connectivity index is 2.40. The highest BCUT2D eigenvalue weighted by Crippen LogP contribution is 2.20. The Morgan fingerprint density at radius 2 is 1.94 bits per heavy atom. The van der Waals surface area contributed by atoms with Crippen molar-refractivity contribution in [2.24, 2.45) is 0 Å². The summed E-state index contributed by atoms with van der Waals surface area (Å²) < 4.78 is 9.81. The van der Waals surface area contributed by atoms with E-state index in [9.17, 15) is 4.79 Å². The largest absolute Gasteiger partial charge is 0.463 e. The van der Waals surface area contributed by atoms with Gasteiger partial charge in [-0.2, -0.15) is 0 Å². The number of hydrogen-bond acceptors (Lipinski definition) is 4. The molecule has 1 unspecified atom stereocenters. The summed E-state index contributed by atoms with van der Waals surface area (Å²) in [5.41, 5.74) is 7.42. The second kappa shape index (κ2) is 6.91. The van der Waals surface area contributed by atoms with Gasteiger partial charge in [-0.25, -0.2) is 0 Å². The second-order valence-electron chi connectivity index (χ2n) is 3.99. The first-order valence-electron chi connectivity index (χ1n) is 5.63. The van der Waals surface area contributed by atoms with E-state index in [2.05, 4.69) is 0 Å². The fraction of sp³-hybridized carbons (Fsp3) is 0.462. The van der Waals surface area contributed by atoms with E-state index in [-0.39, 0.29) is 11.9 Å². The van der Waals surface area contributed by atoms with E-state index in [1.54, 1.807) is 7.11 Å². The second-order valence-corrected chi connectivity index (χ2v) is 3.99. The number of esters is 1.